The van der Waals surface area contributed by atoms with Gasteiger partial charge in [-0.25, -0.2) is 4.98 Å². The number of aromatic nitrogens is 2. The fourth-order valence-corrected chi connectivity index (χ4v) is 2.77. The molecule has 6 nitrogen and oxygen atoms in total. The third-order valence-electron chi connectivity index (χ3n) is 4.00. The van der Waals surface area contributed by atoms with Crippen LogP contribution in [0.4, 0.5) is 5.95 Å². The van der Waals surface area contributed by atoms with Crippen LogP contribution in [0.3, 0.4) is 0 Å². The van der Waals surface area contributed by atoms with Crippen molar-refractivity contribution in [1.29, 1.82) is 5.26 Å². The largest absolute Gasteiger partial charge is 0.439 e. The highest BCUT2D eigenvalue weighted by Crippen LogP contribution is 2.26. The standard InChI is InChI=1S/C18H18N4O2/c1-12-10-16(24-15-8-6-13(11-19)7-9-15)21-18(20-12)22-17(23)14-4-2-3-5-14/h6-10,14H,2-5H2,1H3,(H,20,21,22,23). The summed E-state index contributed by atoms with van der Waals surface area (Å²) in [6.07, 6.45) is 4.04. The maximum absolute atomic E-state index is 12.2. The number of benzene rings is 1. The van der Waals surface area contributed by atoms with Gasteiger partial charge in [-0.15, -0.1) is 0 Å². The summed E-state index contributed by atoms with van der Waals surface area (Å²) in [6.45, 7) is 1.82. The van der Waals surface area contributed by atoms with E-state index in [2.05, 4.69) is 21.4 Å². The zero-order chi connectivity index (χ0) is 16.9. The van der Waals surface area contributed by atoms with E-state index in [1.165, 1.54) is 0 Å². The summed E-state index contributed by atoms with van der Waals surface area (Å²) in [5, 5.41) is 11.6. The summed E-state index contributed by atoms with van der Waals surface area (Å²) < 4.78 is 5.69. The van der Waals surface area contributed by atoms with E-state index >= 15 is 0 Å². The molecule has 0 unspecified atom stereocenters. The molecule has 1 N–H and O–H groups in total. The molecule has 0 atom stereocenters. The summed E-state index contributed by atoms with van der Waals surface area (Å²) in [5.41, 5.74) is 1.26. The second-order valence-electron chi connectivity index (χ2n) is 5.88. The molecule has 1 fully saturated rings. The number of nitriles is 1. The first-order valence-electron chi connectivity index (χ1n) is 7.98. The summed E-state index contributed by atoms with van der Waals surface area (Å²) in [5.74, 6) is 1.21. The Bertz CT molecular complexity index is 775. The van der Waals surface area contributed by atoms with Gasteiger partial charge in [0.15, 0.2) is 0 Å². The Labute approximate surface area is 140 Å². The molecule has 1 aromatic heterocycles. The number of carbonyl (C=O) groups is 1. The first kappa shape index (κ1) is 15.9. The Morgan fingerprint density at radius 2 is 1.96 bits per heavy atom. The number of hydrogen-bond acceptors (Lipinski definition) is 5. The number of nitrogens with one attached hydrogen (secondary N) is 1. The van der Waals surface area contributed by atoms with Crippen LogP contribution >= 0.6 is 0 Å². The predicted molar refractivity (Wildman–Crippen MR) is 88.6 cm³/mol. The smallest absolute Gasteiger partial charge is 0.232 e. The summed E-state index contributed by atoms with van der Waals surface area (Å²) in [7, 11) is 0. The maximum atomic E-state index is 12.2. The highest BCUT2D eigenvalue weighted by atomic mass is 16.5. The van der Waals surface area contributed by atoms with E-state index in [-0.39, 0.29) is 17.8 Å². The van der Waals surface area contributed by atoms with E-state index < -0.39 is 0 Å². The molecule has 1 aromatic carbocycles. The van der Waals surface area contributed by atoms with Gasteiger partial charge in [-0.2, -0.15) is 10.2 Å². The van der Waals surface area contributed by atoms with Crippen LogP contribution in [0.1, 0.15) is 36.9 Å². The van der Waals surface area contributed by atoms with Gasteiger partial charge in [0.25, 0.3) is 0 Å². The lowest BCUT2D eigenvalue weighted by atomic mass is 10.1. The van der Waals surface area contributed by atoms with Crippen LogP contribution < -0.4 is 10.1 Å². The van der Waals surface area contributed by atoms with Crippen molar-refractivity contribution in [3.8, 4) is 17.7 Å². The number of aryl methyl sites for hydroxylation is 1. The van der Waals surface area contributed by atoms with Crippen molar-refractivity contribution in [2.24, 2.45) is 5.92 Å². The molecular weight excluding hydrogens is 304 g/mol. The number of anilines is 1. The number of carbonyl (C=O) groups excluding carboxylic acids is 1. The Balaban J connectivity index is 1.73. The van der Waals surface area contributed by atoms with Crippen molar-refractivity contribution in [3.63, 3.8) is 0 Å². The molecule has 1 heterocycles. The predicted octanol–water partition coefficient (Wildman–Crippen LogP) is 3.58. The first-order valence-corrected chi connectivity index (χ1v) is 7.98. The van der Waals surface area contributed by atoms with Crippen molar-refractivity contribution >= 4 is 11.9 Å². The van der Waals surface area contributed by atoms with Crippen molar-refractivity contribution in [2.45, 2.75) is 32.6 Å². The number of nitrogens with zero attached hydrogens (tertiary/aromatic N) is 3. The molecule has 1 aliphatic carbocycles. The monoisotopic (exact) mass is 322 g/mol. The average molecular weight is 322 g/mol. The van der Waals surface area contributed by atoms with Gasteiger partial charge in [-0.05, 0) is 44.0 Å². The maximum Gasteiger partial charge on any atom is 0.232 e. The highest BCUT2D eigenvalue weighted by Gasteiger charge is 2.23. The van der Waals surface area contributed by atoms with Crippen LogP contribution in [0.15, 0.2) is 30.3 Å². The van der Waals surface area contributed by atoms with Gasteiger partial charge in [0.1, 0.15) is 5.75 Å². The molecule has 0 saturated heterocycles. The van der Waals surface area contributed by atoms with Gasteiger partial charge >= 0.3 is 0 Å². The number of amides is 1. The zero-order valence-corrected chi connectivity index (χ0v) is 13.5. The van der Waals surface area contributed by atoms with Crippen LogP contribution in [0.25, 0.3) is 0 Å². The van der Waals surface area contributed by atoms with Crippen LogP contribution in [-0.4, -0.2) is 15.9 Å². The molecule has 2 aromatic rings. The first-order chi connectivity index (χ1) is 11.6. The summed E-state index contributed by atoms with van der Waals surface area (Å²) in [4.78, 5) is 20.7. The summed E-state index contributed by atoms with van der Waals surface area (Å²) in [6, 6.07) is 10.5. The van der Waals surface area contributed by atoms with Crippen molar-refractivity contribution in [1.82, 2.24) is 9.97 Å². The Hall–Kier alpha value is -2.94. The highest BCUT2D eigenvalue weighted by molar-refractivity contribution is 5.91. The molecule has 0 radical (unpaired) electrons. The van der Waals surface area contributed by atoms with Gasteiger partial charge < -0.3 is 4.74 Å². The SMILES string of the molecule is Cc1cc(Oc2ccc(C#N)cc2)nc(NC(=O)C2CCCC2)n1. The Morgan fingerprint density at radius 3 is 2.62 bits per heavy atom. The van der Waals surface area contributed by atoms with E-state index in [1.807, 2.05) is 6.92 Å². The summed E-state index contributed by atoms with van der Waals surface area (Å²) >= 11 is 0. The minimum atomic E-state index is -0.0255. The molecule has 1 saturated carbocycles. The lowest BCUT2D eigenvalue weighted by molar-refractivity contribution is -0.119. The fourth-order valence-electron chi connectivity index (χ4n) is 2.77. The molecule has 122 valence electrons. The minimum absolute atomic E-state index is 0.0255. The average Bonchev–Trinajstić information content (AvgIpc) is 3.09. The van der Waals surface area contributed by atoms with Crippen molar-refractivity contribution < 1.29 is 9.53 Å². The molecule has 24 heavy (non-hydrogen) atoms. The second kappa shape index (κ2) is 7.09. The van der Waals surface area contributed by atoms with Gasteiger partial charge in [0, 0.05) is 17.7 Å². The minimum Gasteiger partial charge on any atom is -0.439 e. The van der Waals surface area contributed by atoms with E-state index in [0.717, 1.165) is 25.7 Å². The quantitative estimate of drug-likeness (QED) is 0.929. The van der Waals surface area contributed by atoms with E-state index in [9.17, 15) is 4.79 Å². The molecule has 1 amide bonds. The van der Waals surface area contributed by atoms with E-state index in [4.69, 9.17) is 10.00 Å². The van der Waals surface area contributed by atoms with Gasteiger partial charge in [0.05, 0.1) is 11.6 Å². The van der Waals surface area contributed by atoms with Crippen LogP contribution in [0, 0.1) is 24.2 Å². The zero-order valence-electron chi connectivity index (χ0n) is 13.5. The van der Waals surface area contributed by atoms with Crippen LogP contribution in [0.2, 0.25) is 0 Å². The van der Waals surface area contributed by atoms with E-state index in [1.54, 1.807) is 30.3 Å². The van der Waals surface area contributed by atoms with Crippen molar-refractivity contribution in [3.05, 3.63) is 41.6 Å². The topological polar surface area (TPSA) is 87.9 Å². The van der Waals surface area contributed by atoms with Gasteiger partial charge in [0.2, 0.25) is 17.7 Å². The van der Waals surface area contributed by atoms with E-state index in [0.29, 0.717) is 22.9 Å². The normalized spacial score (nSPS) is 14.2. The third-order valence-corrected chi connectivity index (χ3v) is 4.00. The van der Waals surface area contributed by atoms with Crippen molar-refractivity contribution in [2.75, 3.05) is 5.32 Å². The number of ether oxygens (including phenoxy) is 1. The Kier molecular flexibility index (Phi) is 4.71. The van der Waals surface area contributed by atoms with Crippen LogP contribution in [0.5, 0.6) is 11.6 Å². The molecule has 6 heteroatoms. The van der Waals surface area contributed by atoms with Gasteiger partial charge in [-0.1, -0.05) is 12.8 Å². The molecule has 3 rings (SSSR count). The van der Waals surface area contributed by atoms with Crippen LogP contribution in [-0.2, 0) is 4.79 Å². The molecule has 0 spiro atoms. The number of hydrogen-bond donors (Lipinski definition) is 1. The molecule has 1 aliphatic rings. The second-order valence-corrected chi connectivity index (χ2v) is 5.88. The third kappa shape index (κ3) is 3.87. The molecular formula is C18H18N4O2. The Morgan fingerprint density at radius 1 is 1.25 bits per heavy atom. The lowest BCUT2D eigenvalue weighted by Crippen LogP contribution is -2.21. The molecule has 0 aliphatic heterocycles. The number of rotatable bonds is 4. The molecule has 0 bridgehead atoms. The lowest BCUT2D eigenvalue weighted by Gasteiger charge is -2.11. The van der Waals surface area contributed by atoms with Gasteiger partial charge in [-0.3, -0.25) is 10.1 Å². The fraction of sp³-hybridized carbons (Fsp3) is 0.333.